The molecule has 7 heavy (non-hydrogen) atoms. The van der Waals surface area contributed by atoms with Gasteiger partial charge in [-0.25, -0.2) is 0 Å². The van der Waals surface area contributed by atoms with Crippen LogP contribution in [0, 0.1) is 0 Å². The maximum Gasteiger partial charge on any atom is 0.0645 e. The van der Waals surface area contributed by atoms with Crippen molar-refractivity contribution in [2.75, 3.05) is 19.0 Å². The molecule has 0 unspecified atom stereocenters. The maximum absolute atomic E-state index is 4.94. The van der Waals surface area contributed by atoms with E-state index >= 15 is 0 Å². The van der Waals surface area contributed by atoms with E-state index in [0.29, 0.717) is 6.61 Å². The van der Waals surface area contributed by atoms with Crippen molar-refractivity contribution in [1.29, 1.82) is 0 Å². The van der Waals surface area contributed by atoms with E-state index in [4.69, 9.17) is 4.74 Å². The number of hydrogen-bond acceptors (Lipinski definition) is 2. The summed E-state index contributed by atoms with van der Waals surface area (Å²) in [5.74, 6) is 0.786. The second-order valence-electron chi connectivity index (χ2n) is 1.09. The average molecular weight is 118 g/mol. The van der Waals surface area contributed by atoms with Gasteiger partial charge in [-0.15, -0.1) is 6.58 Å². The molecule has 0 N–H and O–H groups in total. The Bertz CT molecular complexity index is 45.3. The first-order valence-electron chi connectivity index (χ1n) is 2.21. The maximum atomic E-state index is 4.94. The molecule has 0 aromatic rings. The summed E-state index contributed by atoms with van der Waals surface area (Å²) in [4.78, 5) is 0. The third kappa shape index (κ3) is 6.05. The molecule has 0 bridgehead atoms. The van der Waals surface area contributed by atoms with Crippen molar-refractivity contribution in [1.82, 2.24) is 0 Å². The Labute approximate surface area is 49.8 Å². The predicted octanol–water partition coefficient (Wildman–Crippen LogP) is 1.12. The van der Waals surface area contributed by atoms with Gasteiger partial charge >= 0.3 is 0 Å². The Kier molecular flexibility index (Phi) is 6.09. The topological polar surface area (TPSA) is 9.23 Å². The van der Waals surface area contributed by atoms with Crippen LogP contribution in [0.2, 0.25) is 0 Å². The molecule has 0 spiro atoms. The fraction of sp³-hybridized carbons (Fsp3) is 0.600. The van der Waals surface area contributed by atoms with Crippen LogP contribution in [0.1, 0.15) is 0 Å². The van der Waals surface area contributed by atoms with Crippen molar-refractivity contribution in [2.45, 2.75) is 0 Å². The molecule has 0 radical (unpaired) electrons. The predicted molar refractivity (Wildman–Crippen MR) is 34.9 cm³/mol. The molecule has 0 atom stereocenters. The van der Waals surface area contributed by atoms with E-state index in [-0.39, 0.29) is 0 Å². The highest BCUT2D eigenvalue weighted by Gasteiger charge is 1.75. The summed E-state index contributed by atoms with van der Waals surface area (Å²) < 4.78 is 4.94. The quantitative estimate of drug-likeness (QED) is 0.330. The van der Waals surface area contributed by atoms with Crippen molar-refractivity contribution in [2.24, 2.45) is 0 Å². The third-order valence-corrected chi connectivity index (χ3v) is 0.654. The van der Waals surface area contributed by atoms with Gasteiger partial charge in [-0.3, -0.25) is 0 Å². The van der Waals surface area contributed by atoms with E-state index in [0.717, 1.165) is 12.4 Å². The molecule has 0 amide bonds. The van der Waals surface area contributed by atoms with Gasteiger partial charge in [-0.1, -0.05) is 6.08 Å². The van der Waals surface area contributed by atoms with Gasteiger partial charge in [-0.2, -0.15) is 12.6 Å². The molecule has 0 heterocycles. The van der Waals surface area contributed by atoms with Gasteiger partial charge in [0.15, 0.2) is 0 Å². The fourth-order valence-corrected chi connectivity index (χ4v) is 0.360. The lowest BCUT2D eigenvalue weighted by Crippen LogP contribution is -1.93. The first-order valence-corrected chi connectivity index (χ1v) is 2.84. The van der Waals surface area contributed by atoms with E-state index in [1.807, 2.05) is 0 Å². The SMILES string of the molecule is C=CCOCCS. The molecule has 0 saturated carbocycles. The summed E-state index contributed by atoms with van der Waals surface area (Å²) in [6, 6.07) is 0. The Hall–Kier alpha value is 0.0500. The summed E-state index contributed by atoms with van der Waals surface area (Å²) in [6.45, 7) is 4.84. The number of ether oxygens (including phenoxy) is 1. The molecule has 0 rings (SSSR count). The van der Waals surface area contributed by atoms with E-state index < -0.39 is 0 Å². The number of rotatable bonds is 4. The van der Waals surface area contributed by atoms with Crippen molar-refractivity contribution >= 4 is 12.6 Å². The summed E-state index contributed by atoms with van der Waals surface area (Å²) in [6.07, 6.45) is 1.73. The molecule has 0 aliphatic heterocycles. The first kappa shape index (κ1) is 7.05. The fourth-order valence-electron chi connectivity index (χ4n) is 0.231. The zero-order valence-electron chi connectivity index (χ0n) is 4.26. The minimum atomic E-state index is 0.639. The molecule has 0 aliphatic rings. The lowest BCUT2D eigenvalue weighted by Gasteiger charge is -1.92. The number of thiol groups is 1. The third-order valence-electron chi connectivity index (χ3n) is 0.471. The molecule has 42 valence electrons. The van der Waals surface area contributed by atoms with Crippen LogP contribution < -0.4 is 0 Å². The van der Waals surface area contributed by atoms with E-state index in [1.165, 1.54) is 0 Å². The van der Waals surface area contributed by atoms with Gasteiger partial charge in [0.1, 0.15) is 0 Å². The van der Waals surface area contributed by atoms with Crippen LogP contribution in [-0.4, -0.2) is 19.0 Å². The molecule has 0 saturated heterocycles. The van der Waals surface area contributed by atoms with Crippen LogP contribution in [0.25, 0.3) is 0 Å². The van der Waals surface area contributed by atoms with Crippen LogP contribution in [0.3, 0.4) is 0 Å². The van der Waals surface area contributed by atoms with E-state index in [9.17, 15) is 0 Å². The second-order valence-corrected chi connectivity index (χ2v) is 1.53. The molecule has 2 heteroatoms. The normalized spacial score (nSPS) is 8.71. The highest BCUT2D eigenvalue weighted by molar-refractivity contribution is 7.80. The average Bonchev–Trinajstić information content (AvgIpc) is 1.69. The molecule has 0 aliphatic carbocycles. The zero-order chi connectivity index (χ0) is 5.54. The van der Waals surface area contributed by atoms with Crippen LogP contribution >= 0.6 is 12.6 Å². The second kappa shape index (κ2) is 6.05. The molecular weight excluding hydrogens is 108 g/mol. The van der Waals surface area contributed by atoms with E-state index in [2.05, 4.69) is 19.2 Å². The smallest absolute Gasteiger partial charge is 0.0645 e. The monoisotopic (exact) mass is 118 g/mol. The Morgan fingerprint density at radius 2 is 2.43 bits per heavy atom. The summed E-state index contributed by atoms with van der Waals surface area (Å²) in [7, 11) is 0. The van der Waals surface area contributed by atoms with Gasteiger partial charge < -0.3 is 4.74 Å². The Morgan fingerprint density at radius 1 is 1.71 bits per heavy atom. The van der Waals surface area contributed by atoms with Crippen LogP contribution in [0.4, 0.5) is 0 Å². The van der Waals surface area contributed by atoms with Crippen LogP contribution in [-0.2, 0) is 4.74 Å². The van der Waals surface area contributed by atoms with Gasteiger partial charge in [0.05, 0.1) is 13.2 Å². The molecule has 0 aromatic heterocycles. The van der Waals surface area contributed by atoms with Gasteiger partial charge in [-0.05, 0) is 0 Å². The highest BCUT2D eigenvalue weighted by Crippen LogP contribution is 1.76. The van der Waals surface area contributed by atoms with Crippen LogP contribution in [0.5, 0.6) is 0 Å². The van der Waals surface area contributed by atoms with Gasteiger partial charge in [0, 0.05) is 5.75 Å². The molecule has 0 fully saturated rings. The summed E-state index contributed by atoms with van der Waals surface area (Å²) >= 11 is 3.93. The van der Waals surface area contributed by atoms with Gasteiger partial charge in [0.2, 0.25) is 0 Å². The lowest BCUT2D eigenvalue weighted by atomic mass is 10.7. The molecular formula is C5H10OS. The Balaban J connectivity index is 2.56. The minimum Gasteiger partial charge on any atom is -0.377 e. The van der Waals surface area contributed by atoms with Crippen molar-refractivity contribution in [3.8, 4) is 0 Å². The minimum absolute atomic E-state index is 0.639. The molecule has 1 nitrogen and oxygen atoms in total. The highest BCUT2D eigenvalue weighted by atomic mass is 32.1. The van der Waals surface area contributed by atoms with Crippen molar-refractivity contribution in [3.63, 3.8) is 0 Å². The first-order chi connectivity index (χ1) is 3.41. The summed E-state index contributed by atoms with van der Waals surface area (Å²) in [5.41, 5.74) is 0. The van der Waals surface area contributed by atoms with Crippen molar-refractivity contribution < 1.29 is 4.74 Å². The zero-order valence-corrected chi connectivity index (χ0v) is 5.16. The summed E-state index contributed by atoms with van der Waals surface area (Å²) in [5, 5.41) is 0. The Morgan fingerprint density at radius 3 is 2.86 bits per heavy atom. The largest absolute Gasteiger partial charge is 0.377 e. The standard InChI is InChI=1S/C5H10OS/c1-2-3-6-4-5-7/h2,7H,1,3-5H2. The van der Waals surface area contributed by atoms with Crippen LogP contribution in [0.15, 0.2) is 12.7 Å². The van der Waals surface area contributed by atoms with E-state index in [1.54, 1.807) is 6.08 Å². The number of hydrogen-bond donors (Lipinski definition) is 1. The van der Waals surface area contributed by atoms with Crippen molar-refractivity contribution in [3.05, 3.63) is 12.7 Å². The lowest BCUT2D eigenvalue weighted by molar-refractivity contribution is 0.180. The molecule has 0 aromatic carbocycles. The van der Waals surface area contributed by atoms with Gasteiger partial charge in [0.25, 0.3) is 0 Å².